The Labute approximate surface area is 140 Å². The van der Waals surface area contributed by atoms with Crippen molar-refractivity contribution in [2.75, 3.05) is 0 Å². The number of hydrogen-bond acceptors (Lipinski definition) is 3. The first-order valence-electron chi connectivity index (χ1n) is 8.00. The first-order valence-corrected chi connectivity index (χ1v) is 8.38. The van der Waals surface area contributed by atoms with Crippen molar-refractivity contribution in [1.82, 2.24) is 9.97 Å². The molecule has 0 radical (unpaired) electrons. The maximum absolute atomic E-state index is 11.8. The highest BCUT2D eigenvalue weighted by Gasteiger charge is 2.27. The summed E-state index contributed by atoms with van der Waals surface area (Å²) < 4.78 is 0. The van der Waals surface area contributed by atoms with Gasteiger partial charge in [0.15, 0.2) is 5.82 Å². The third-order valence-electron chi connectivity index (χ3n) is 4.40. The average Bonchev–Trinajstić information content (AvgIpc) is 3.08. The fourth-order valence-electron chi connectivity index (χ4n) is 3.24. The van der Waals surface area contributed by atoms with E-state index >= 15 is 0 Å². The van der Waals surface area contributed by atoms with Gasteiger partial charge in [-0.05, 0) is 43.5 Å². The number of aryl methyl sites for hydroxylation is 1. The number of aromatic carboxylic acids is 1. The molecule has 0 spiro atoms. The van der Waals surface area contributed by atoms with Crippen LogP contribution in [0.5, 0.6) is 0 Å². The number of carboxylic acid groups (broad SMARTS) is 1. The van der Waals surface area contributed by atoms with Crippen LogP contribution < -0.4 is 0 Å². The van der Waals surface area contributed by atoms with E-state index in [1.165, 1.54) is 0 Å². The lowest BCUT2D eigenvalue weighted by Gasteiger charge is -2.16. The number of nitrogens with zero attached hydrogens (tertiary/aromatic N) is 2. The molecule has 4 nitrogen and oxygen atoms in total. The van der Waals surface area contributed by atoms with Crippen molar-refractivity contribution in [3.8, 4) is 11.4 Å². The van der Waals surface area contributed by atoms with E-state index in [2.05, 4.69) is 9.97 Å². The van der Waals surface area contributed by atoms with Gasteiger partial charge in [-0.3, -0.25) is 0 Å². The van der Waals surface area contributed by atoms with Gasteiger partial charge in [-0.1, -0.05) is 31.4 Å². The highest BCUT2D eigenvalue weighted by atomic mass is 35.5. The van der Waals surface area contributed by atoms with Crippen molar-refractivity contribution in [2.24, 2.45) is 0 Å². The van der Waals surface area contributed by atoms with Crippen LogP contribution in [0.2, 0.25) is 5.02 Å². The van der Waals surface area contributed by atoms with Crippen LogP contribution in [0.25, 0.3) is 11.4 Å². The van der Waals surface area contributed by atoms with Gasteiger partial charge >= 0.3 is 5.97 Å². The number of rotatable bonds is 4. The minimum atomic E-state index is -0.925. The van der Waals surface area contributed by atoms with E-state index in [9.17, 15) is 9.90 Å². The van der Waals surface area contributed by atoms with E-state index in [1.54, 1.807) is 12.1 Å². The molecule has 3 rings (SSSR count). The van der Waals surface area contributed by atoms with E-state index in [0.29, 0.717) is 34.2 Å². The van der Waals surface area contributed by atoms with Crippen molar-refractivity contribution >= 4 is 17.6 Å². The van der Waals surface area contributed by atoms with Crippen LogP contribution in [-0.2, 0) is 6.42 Å². The molecule has 23 heavy (non-hydrogen) atoms. The molecule has 0 unspecified atom stereocenters. The molecule has 0 bridgehead atoms. The number of carboxylic acids is 1. The third kappa shape index (κ3) is 3.22. The fourth-order valence-corrected chi connectivity index (χ4v) is 3.36. The zero-order valence-corrected chi connectivity index (χ0v) is 13.8. The normalized spacial score (nSPS) is 15.0. The Kier molecular flexibility index (Phi) is 4.62. The molecule has 2 aromatic rings. The molecule has 1 fully saturated rings. The molecular weight excluding hydrogens is 312 g/mol. The van der Waals surface area contributed by atoms with Crippen molar-refractivity contribution < 1.29 is 9.90 Å². The van der Waals surface area contributed by atoms with Crippen molar-refractivity contribution in [2.45, 2.75) is 44.9 Å². The monoisotopic (exact) mass is 330 g/mol. The summed E-state index contributed by atoms with van der Waals surface area (Å²) in [5, 5.41) is 10.3. The topological polar surface area (TPSA) is 63.1 Å². The Hall–Kier alpha value is -1.94. The van der Waals surface area contributed by atoms with E-state index in [1.807, 2.05) is 19.1 Å². The van der Waals surface area contributed by atoms with Crippen molar-refractivity contribution in [3.05, 3.63) is 46.2 Å². The molecule has 5 heteroatoms. The first-order chi connectivity index (χ1) is 11.1. The van der Waals surface area contributed by atoms with Crippen molar-refractivity contribution in [1.29, 1.82) is 0 Å². The van der Waals surface area contributed by atoms with Gasteiger partial charge in [0.1, 0.15) is 5.56 Å². The zero-order valence-electron chi connectivity index (χ0n) is 13.1. The second-order valence-electron chi connectivity index (χ2n) is 5.90. The third-order valence-corrected chi connectivity index (χ3v) is 4.66. The van der Waals surface area contributed by atoms with Crippen LogP contribution in [-0.4, -0.2) is 21.0 Å². The smallest absolute Gasteiger partial charge is 0.339 e. The van der Waals surface area contributed by atoms with Gasteiger partial charge in [-0.25, -0.2) is 14.8 Å². The Bertz CT molecular complexity index is 723. The van der Waals surface area contributed by atoms with Crippen LogP contribution in [0.15, 0.2) is 24.3 Å². The molecule has 120 valence electrons. The van der Waals surface area contributed by atoms with Crippen LogP contribution in [0.4, 0.5) is 0 Å². The molecule has 1 heterocycles. The highest BCUT2D eigenvalue weighted by molar-refractivity contribution is 6.30. The number of halogens is 1. The number of aromatic nitrogens is 2. The summed E-state index contributed by atoms with van der Waals surface area (Å²) >= 11 is 5.94. The minimum Gasteiger partial charge on any atom is -0.478 e. The second kappa shape index (κ2) is 6.67. The molecule has 1 aliphatic rings. The summed E-state index contributed by atoms with van der Waals surface area (Å²) in [4.78, 5) is 20.9. The summed E-state index contributed by atoms with van der Waals surface area (Å²) in [5.41, 5.74) is 2.48. The quantitative estimate of drug-likeness (QED) is 0.881. The van der Waals surface area contributed by atoms with Gasteiger partial charge in [0.05, 0.1) is 11.4 Å². The Morgan fingerprint density at radius 1 is 1.22 bits per heavy atom. The van der Waals surface area contributed by atoms with Gasteiger partial charge in [0, 0.05) is 16.5 Å². The van der Waals surface area contributed by atoms with Crippen molar-refractivity contribution in [3.63, 3.8) is 0 Å². The molecular formula is C18H19ClN2O2. The van der Waals surface area contributed by atoms with E-state index < -0.39 is 5.97 Å². The highest BCUT2D eigenvalue weighted by Crippen LogP contribution is 2.36. The maximum Gasteiger partial charge on any atom is 0.339 e. The molecule has 0 saturated heterocycles. The van der Waals surface area contributed by atoms with Gasteiger partial charge in [0.2, 0.25) is 0 Å². The molecule has 1 N–H and O–H groups in total. The summed E-state index contributed by atoms with van der Waals surface area (Å²) in [6.07, 6.45) is 4.84. The molecule has 1 aliphatic carbocycles. The summed E-state index contributed by atoms with van der Waals surface area (Å²) in [7, 11) is 0. The summed E-state index contributed by atoms with van der Waals surface area (Å²) in [5.74, 6) is -0.114. The number of carbonyl (C=O) groups is 1. The van der Waals surface area contributed by atoms with Gasteiger partial charge < -0.3 is 5.11 Å². The van der Waals surface area contributed by atoms with Crippen LogP contribution in [0, 0.1) is 0 Å². The molecule has 1 aromatic heterocycles. The van der Waals surface area contributed by atoms with Crippen LogP contribution in [0.3, 0.4) is 0 Å². The number of hydrogen-bond donors (Lipinski definition) is 1. The minimum absolute atomic E-state index is 0.223. The molecule has 0 atom stereocenters. The van der Waals surface area contributed by atoms with Gasteiger partial charge in [0.25, 0.3) is 0 Å². The first kappa shape index (κ1) is 15.9. The lowest BCUT2D eigenvalue weighted by molar-refractivity contribution is 0.0692. The Balaban J connectivity index is 2.16. The Morgan fingerprint density at radius 2 is 1.87 bits per heavy atom. The predicted molar refractivity (Wildman–Crippen MR) is 90.0 cm³/mol. The van der Waals surface area contributed by atoms with E-state index in [-0.39, 0.29) is 5.92 Å². The van der Waals surface area contributed by atoms with Gasteiger partial charge in [-0.15, -0.1) is 0 Å². The SMILES string of the molecule is CCc1nc(-c2ccc(Cl)cc2)nc(C2CCCC2)c1C(=O)O. The summed E-state index contributed by atoms with van der Waals surface area (Å²) in [6, 6.07) is 7.34. The lowest BCUT2D eigenvalue weighted by atomic mass is 9.96. The molecule has 1 aromatic carbocycles. The largest absolute Gasteiger partial charge is 0.478 e. The van der Waals surface area contributed by atoms with Crippen LogP contribution >= 0.6 is 11.6 Å². The predicted octanol–water partition coefficient (Wildman–Crippen LogP) is 4.72. The number of benzene rings is 1. The lowest BCUT2D eigenvalue weighted by Crippen LogP contribution is -2.14. The van der Waals surface area contributed by atoms with Gasteiger partial charge in [-0.2, -0.15) is 0 Å². The maximum atomic E-state index is 11.8. The Morgan fingerprint density at radius 3 is 2.43 bits per heavy atom. The van der Waals surface area contributed by atoms with E-state index in [4.69, 9.17) is 11.6 Å². The molecule has 0 aliphatic heterocycles. The molecule has 1 saturated carbocycles. The second-order valence-corrected chi connectivity index (χ2v) is 6.34. The fraction of sp³-hybridized carbons (Fsp3) is 0.389. The standard InChI is InChI=1S/C18H19ClN2O2/c1-2-14-15(18(22)23)16(11-5-3-4-6-11)21-17(20-14)12-7-9-13(19)10-8-12/h7-11H,2-6H2,1H3,(H,22,23). The average molecular weight is 331 g/mol. The van der Waals surface area contributed by atoms with E-state index in [0.717, 1.165) is 31.2 Å². The van der Waals surface area contributed by atoms with Crippen LogP contribution in [0.1, 0.15) is 60.3 Å². The zero-order chi connectivity index (χ0) is 16.4. The molecule has 0 amide bonds. The summed E-state index contributed by atoms with van der Waals surface area (Å²) in [6.45, 7) is 1.93.